The zero-order chi connectivity index (χ0) is 50.8. The molecule has 7 aromatic carbocycles. The molecule has 0 fully saturated rings. The monoisotopic (exact) mass is 1010 g/mol. The van der Waals surface area contributed by atoms with Crippen molar-refractivity contribution in [3.63, 3.8) is 0 Å². The zero-order valence-corrected chi connectivity index (χ0v) is 38.0. The topological polar surface area (TPSA) is 50.9 Å². The van der Waals surface area contributed by atoms with Crippen molar-refractivity contribution in [2.75, 3.05) is 0 Å². The van der Waals surface area contributed by atoms with E-state index >= 15 is 0 Å². The number of imidazole rings is 1. The van der Waals surface area contributed by atoms with E-state index in [1.165, 1.54) is 12.1 Å². The minimum absolute atomic E-state index is 0. The van der Waals surface area contributed by atoms with Gasteiger partial charge in [0, 0.05) is 45.3 Å². The first-order valence-electron chi connectivity index (χ1n) is 25.2. The van der Waals surface area contributed by atoms with Crippen LogP contribution in [0, 0.1) is 19.9 Å². The smallest absolute Gasteiger partial charge is 0.148 e. The number of phenolic OH excluding ortho intramolecular Hbond substituents is 1. The van der Waals surface area contributed by atoms with Crippen LogP contribution >= 0.6 is 0 Å². The summed E-state index contributed by atoms with van der Waals surface area (Å²) in [6.07, 6.45) is 1.65. The molecule has 2 aromatic heterocycles. The second kappa shape index (κ2) is 17.1. The zero-order valence-electron chi connectivity index (χ0n) is 44.7. The molecule has 0 amide bonds. The Balaban J connectivity index is 0.00000693. The van der Waals surface area contributed by atoms with Gasteiger partial charge in [0.1, 0.15) is 11.6 Å². The van der Waals surface area contributed by atoms with Crippen LogP contribution in [0.4, 0.5) is 0 Å². The van der Waals surface area contributed by atoms with E-state index in [9.17, 15) is 5.11 Å². The van der Waals surface area contributed by atoms with Gasteiger partial charge in [-0.2, -0.15) is 0 Å². The van der Waals surface area contributed by atoms with E-state index in [1.807, 2.05) is 98.8 Å². The van der Waals surface area contributed by atoms with Gasteiger partial charge in [0.2, 0.25) is 0 Å². The van der Waals surface area contributed by atoms with E-state index < -0.39 is 26.0 Å². The van der Waals surface area contributed by atoms with E-state index in [1.54, 1.807) is 24.4 Å². The molecule has 316 valence electrons. The predicted octanol–water partition coefficient (Wildman–Crippen LogP) is 15.1. The van der Waals surface area contributed by atoms with Crippen LogP contribution in [0.1, 0.15) is 75.9 Å². The number of phenols is 1. The summed E-state index contributed by atoms with van der Waals surface area (Å²) in [5, 5.41) is 11.8. The number of aromatic hydroxyl groups is 1. The first-order valence-corrected chi connectivity index (χ1v) is 20.7. The molecule has 4 nitrogen and oxygen atoms in total. The maximum absolute atomic E-state index is 11.8. The molecule has 0 unspecified atom stereocenters. The average molecular weight is 1010 g/mol. The number of fused-ring (bicyclic) bond motifs is 1. The molecule has 0 saturated carbocycles. The first kappa shape index (κ1) is 33.2. The Labute approximate surface area is 399 Å². The van der Waals surface area contributed by atoms with Crippen molar-refractivity contribution < 1.29 is 38.5 Å². The Kier molecular flexibility index (Phi) is 9.01. The van der Waals surface area contributed by atoms with Gasteiger partial charge < -0.3 is 5.11 Å². The summed E-state index contributed by atoms with van der Waals surface area (Å²) in [6, 6.07) is 54.0. The van der Waals surface area contributed by atoms with Crippen molar-refractivity contribution in [2.24, 2.45) is 0 Å². The third-order valence-electron chi connectivity index (χ3n) is 11.5. The molecule has 2 heterocycles. The molecular formula is C58H52N3OPt-. The Morgan fingerprint density at radius 1 is 0.587 bits per heavy atom. The third-order valence-corrected chi connectivity index (χ3v) is 11.5. The number of hydrogen-bond donors (Lipinski definition) is 1. The number of nitrogens with zero attached hydrogens (tertiary/aromatic N) is 3. The molecule has 0 aliphatic heterocycles. The number of pyridine rings is 1. The summed E-state index contributed by atoms with van der Waals surface area (Å²) < 4.78 is 75.9. The number of hydrogen-bond acceptors (Lipinski definition) is 3. The van der Waals surface area contributed by atoms with Gasteiger partial charge in [-0.1, -0.05) is 173 Å². The molecule has 0 radical (unpaired) electrons. The first-order chi connectivity index (χ1) is 33.5. The minimum atomic E-state index is -3.37. The van der Waals surface area contributed by atoms with Crippen molar-refractivity contribution >= 4 is 11.0 Å². The standard InChI is InChI=1S/C58H52N3O.Pt/c1-37-30-38(2)55(62)49(31-37)56-60-54-48(20-15-21-53(54)61(56)52-27-24-42(35-50(52)58(6,7)8)39-16-11-9-12-17-39)45-32-44(40-18-13-10-14-19-40)33-46(34-45)51-36-43(28-29-59-51)41-22-25-47(26-23-41)57(3,4)5;/h9-33,35-36,62H,1-8H3;/q-1;/i3D3,4D3,5D3;. The molecule has 0 saturated heterocycles. The van der Waals surface area contributed by atoms with Gasteiger partial charge in [0.15, 0.2) is 0 Å². The van der Waals surface area contributed by atoms with Crippen LogP contribution in [0.25, 0.3) is 83.9 Å². The quantitative estimate of drug-likeness (QED) is 0.162. The molecule has 0 aliphatic carbocycles. The Morgan fingerprint density at radius 3 is 1.90 bits per heavy atom. The number of aryl methyl sites for hydroxylation is 2. The van der Waals surface area contributed by atoms with Crippen LogP contribution in [0.3, 0.4) is 0 Å². The van der Waals surface area contributed by atoms with Crippen LogP contribution in [0.2, 0.25) is 0 Å². The average Bonchev–Trinajstić information content (AvgIpc) is 3.71. The maximum atomic E-state index is 11.8. The Bertz CT molecular complexity index is 3410. The van der Waals surface area contributed by atoms with Crippen molar-refractivity contribution in [1.82, 2.24) is 14.5 Å². The van der Waals surface area contributed by atoms with E-state index in [4.69, 9.17) is 22.3 Å². The molecule has 0 aliphatic rings. The summed E-state index contributed by atoms with van der Waals surface area (Å²) in [4.78, 5) is 10.3. The molecule has 9 aromatic rings. The summed E-state index contributed by atoms with van der Waals surface area (Å²) in [5.74, 6) is 0.738. The van der Waals surface area contributed by atoms with E-state index in [2.05, 4.69) is 73.9 Å². The minimum Gasteiger partial charge on any atom is -0.507 e. The summed E-state index contributed by atoms with van der Waals surface area (Å²) in [5.41, 5.74) is 10.3. The number of rotatable bonds is 7. The van der Waals surface area contributed by atoms with Crippen molar-refractivity contribution in [3.8, 4) is 78.6 Å². The molecule has 63 heavy (non-hydrogen) atoms. The van der Waals surface area contributed by atoms with Gasteiger partial charge in [0.25, 0.3) is 0 Å². The van der Waals surface area contributed by atoms with E-state index in [-0.39, 0.29) is 37.8 Å². The van der Waals surface area contributed by atoms with Crippen LogP contribution in [-0.2, 0) is 31.9 Å². The van der Waals surface area contributed by atoms with Gasteiger partial charge in [0.05, 0.1) is 22.3 Å². The molecule has 0 bridgehead atoms. The van der Waals surface area contributed by atoms with E-state index in [0.29, 0.717) is 39.3 Å². The van der Waals surface area contributed by atoms with Gasteiger partial charge in [-0.3, -0.25) is 9.55 Å². The van der Waals surface area contributed by atoms with Crippen molar-refractivity contribution in [3.05, 3.63) is 192 Å². The molecular weight excluding hydrogens is 950 g/mol. The number of benzene rings is 7. The van der Waals surface area contributed by atoms with E-state index in [0.717, 1.165) is 61.3 Å². The van der Waals surface area contributed by atoms with Crippen LogP contribution in [-0.4, -0.2) is 19.6 Å². The summed E-state index contributed by atoms with van der Waals surface area (Å²) in [7, 11) is 0. The van der Waals surface area contributed by atoms with Crippen LogP contribution in [0.15, 0.2) is 164 Å². The normalized spacial score (nSPS) is 14.5. The fraction of sp³-hybridized carbons (Fsp3) is 0.172. The SMILES string of the molecule is [2H]C([2H])([2H])C(c1ccc(-c2ccnc(-c3[c-]c(-c4cccc5c4nc(-c4cc(C)cc(C)c4O)n5-c4ccc(-c5ccccc5)cc4C(C)(C)C)cc(-c4ccccc4)c3)c2)cc1)(C([2H])([2H])[2H])C([2H])([2H])[2H].[Pt]. The fourth-order valence-corrected chi connectivity index (χ4v) is 8.33. The molecule has 1 N–H and O–H groups in total. The predicted molar refractivity (Wildman–Crippen MR) is 259 cm³/mol. The Hall–Kier alpha value is -6.35. The van der Waals surface area contributed by atoms with Gasteiger partial charge in [-0.15, -0.1) is 23.8 Å². The van der Waals surface area contributed by atoms with Crippen molar-refractivity contribution in [1.29, 1.82) is 0 Å². The number of para-hydroxylation sites is 1. The largest absolute Gasteiger partial charge is 0.507 e. The van der Waals surface area contributed by atoms with Gasteiger partial charge in [-0.05, 0) is 105 Å². The maximum Gasteiger partial charge on any atom is 0.148 e. The fourth-order valence-electron chi connectivity index (χ4n) is 8.33. The van der Waals surface area contributed by atoms with Gasteiger partial charge >= 0.3 is 0 Å². The third kappa shape index (κ3) is 8.58. The summed E-state index contributed by atoms with van der Waals surface area (Å²) >= 11 is 0. The second-order valence-electron chi connectivity index (χ2n) is 17.1. The summed E-state index contributed by atoms with van der Waals surface area (Å²) in [6.45, 7) is 0.398. The molecule has 0 atom stereocenters. The molecule has 0 spiro atoms. The van der Waals surface area contributed by atoms with Crippen molar-refractivity contribution in [2.45, 2.75) is 66.0 Å². The van der Waals surface area contributed by atoms with Gasteiger partial charge in [-0.25, -0.2) is 4.98 Å². The molecule has 9 rings (SSSR count). The number of aromatic nitrogens is 3. The Morgan fingerprint density at radius 2 is 1.22 bits per heavy atom. The van der Waals surface area contributed by atoms with Crippen LogP contribution in [0.5, 0.6) is 5.75 Å². The second-order valence-corrected chi connectivity index (χ2v) is 17.1. The molecule has 5 heteroatoms. The van der Waals surface area contributed by atoms with Crippen LogP contribution < -0.4 is 0 Å².